The summed E-state index contributed by atoms with van der Waals surface area (Å²) in [4.78, 5) is 21.9. The molecule has 2 rings (SSSR count). The lowest BCUT2D eigenvalue weighted by Gasteiger charge is -2.12. The molecule has 0 saturated heterocycles. The molecule has 84 valence electrons. The molecular weight excluding hydrogens is 215 g/mol. The van der Waals surface area contributed by atoms with Crippen molar-refractivity contribution < 1.29 is 24.2 Å². The van der Waals surface area contributed by atoms with E-state index in [1.807, 2.05) is 0 Å². The maximum Gasteiger partial charge on any atom is 0.315 e. The maximum atomic E-state index is 13.5. The van der Waals surface area contributed by atoms with E-state index >= 15 is 0 Å². The first kappa shape index (κ1) is 10.6. The summed E-state index contributed by atoms with van der Waals surface area (Å²) in [6, 6.07) is 5.40. The fourth-order valence-electron chi connectivity index (χ4n) is 2.03. The van der Waals surface area contributed by atoms with Crippen LogP contribution in [0.2, 0.25) is 0 Å². The van der Waals surface area contributed by atoms with Crippen LogP contribution in [0, 0.1) is 11.7 Å². The molecule has 0 aromatic heterocycles. The Kier molecular flexibility index (Phi) is 2.18. The number of halogens is 1. The van der Waals surface area contributed by atoms with Crippen molar-refractivity contribution >= 4 is 11.9 Å². The van der Waals surface area contributed by atoms with Crippen LogP contribution in [-0.4, -0.2) is 22.2 Å². The zero-order valence-corrected chi connectivity index (χ0v) is 8.18. The van der Waals surface area contributed by atoms with Crippen molar-refractivity contribution in [3.8, 4) is 0 Å². The van der Waals surface area contributed by atoms with E-state index in [1.54, 1.807) is 0 Å². The van der Waals surface area contributed by atoms with Gasteiger partial charge < -0.3 is 10.2 Å². The van der Waals surface area contributed by atoms with E-state index in [1.165, 1.54) is 18.2 Å². The van der Waals surface area contributed by atoms with Crippen molar-refractivity contribution in [3.63, 3.8) is 0 Å². The maximum absolute atomic E-state index is 13.5. The second kappa shape index (κ2) is 3.30. The second-order valence-electron chi connectivity index (χ2n) is 3.85. The SMILES string of the molecule is O=C(O)[C@@H]1C[C@@]1(C(=O)O)c1ccccc1F. The summed E-state index contributed by atoms with van der Waals surface area (Å²) in [5.41, 5.74) is -1.63. The standard InChI is InChI=1S/C11H9FO4/c12-8-4-2-1-3-6(8)11(10(15)16)5-7(11)9(13)14/h1-4,7H,5H2,(H,13,14)(H,15,16)/t7-,11+/m0/s1. The van der Waals surface area contributed by atoms with Gasteiger partial charge in [0.25, 0.3) is 0 Å². The average molecular weight is 224 g/mol. The number of hydrogen-bond acceptors (Lipinski definition) is 2. The van der Waals surface area contributed by atoms with Gasteiger partial charge in [0.1, 0.15) is 11.2 Å². The van der Waals surface area contributed by atoms with Crippen molar-refractivity contribution in [2.45, 2.75) is 11.8 Å². The van der Waals surface area contributed by atoms with Crippen LogP contribution in [0.25, 0.3) is 0 Å². The molecule has 1 fully saturated rings. The minimum Gasteiger partial charge on any atom is -0.481 e. The smallest absolute Gasteiger partial charge is 0.315 e. The van der Waals surface area contributed by atoms with Crippen LogP contribution in [0.4, 0.5) is 4.39 Å². The summed E-state index contributed by atoms with van der Waals surface area (Å²) in [6.45, 7) is 0. The van der Waals surface area contributed by atoms with Crippen LogP contribution in [0.15, 0.2) is 24.3 Å². The molecule has 1 saturated carbocycles. The third-order valence-corrected chi connectivity index (χ3v) is 3.00. The van der Waals surface area contributed by atoms with Gasteiger partial charge in [0.2, 0.25) is 0 Å². The fraction of sp³-hybridized carbons (Fsp3) is 0.273. The van der Waals surface area contributed by atoms with E-state index in [-0.39, 0.29) is 12.0 Å². The summed E-state index contributed by atoms with van der Waals surface area (Å²) in [5, 5.41) is 17.9. The van der Waals surface area contributed by atoms with Gasteiger partial charge in [-0.1, -0.05) is 18.2 Å². The molecule has 4 nitrogen and oxygen atoms in total. The number of carboxylic acids is 2. The molecule has 0 aliphatic heterocycles. The molecule has 0 heterocycles. The van der Waals surface area contributed by atoms with Crippen LogP contribution < -0.4 is 0 Å². The molecule has 0 spiro atoms. The molecular formula is C11H9FO4. The third kappa shape index (κ3) is 1.28. The van der Waals surface area contributed by atoms with Crippen molar-refractivity contribution in [2.75, 3.05) is 0 Å². The average Bonchev–Trinajstić information content (AvgIpc) is 2.94. The van der Waals surface area contributed by atoms with Crippen molar-refractivity contribution in [2.24, 2.45) is 5.92 Å². The molecule has 1 aliphatic carbocycles. The number of carbonyl (C=O) groups is 2. The molecule has 0 amide bonds. The quantitative estimate of drug-likeness (QED) is 0.810. The zero-order chi connectivity index (χ0) is 11.9. The number of hydrogen-bond donors (Lipinski definition) is 2. The summed E-state index contributed by atoms with van der Waals surface area (Å²) >= 11 is 0. The van der Waals surface area contributed by atoms with E-state index in [4.69, 9.17) is 10.2 Å². The predicted molar refractivity (Wildman–Crippen MR) is 51.5 cm³/mol. The Morgan fingerprint density at radius 3 is 2.38 bits per heavy atom. The van der Waals surface area contributed by atoms with Crippen molar-refractivity contribution in [1.82, 2.24) is 0 Å². The molecule has 1 aliphatic rings. The lowest BCUT2D eigenvalue weighted by molar-refractivity contribution is -0.146. The summed E-state index contributed by atoms with van der Waals surface area (Å²) in [7, 11) is 0. The Bertz CT molecular complexity index is 471. The highest BCUT2D eigenvalue weighted by molar-refractivity contribution is 5.94. The molecule has 2 atom stereocenters. The van der Waals surface area contributed by atoms with Crippen LogP contribution in [-0.2, 0) is 15.0 Å². The molecule has 16 heavy (non-hydrogen) atoms. The summed E-state index contributed by atoms with van der Waals surface area (Å²) < 4.78 is 13.5. The van der Waals surface area contributed by atoms with Gasteiger partial charge in [-0.2, -0.15) is 0 Å². The number of rotatable bonds is 3. The molecule has 0 bridgehead atoms. The van der Waals surface area contributed by atoms with Crippen molar-refractivity contribution in [3.05, 3.63) is 35.6 Å². The number of carboxylic acid groups (broad SMARTS) is 2. The van der Waals surface area contributed by atoms with E-state index in [0.29, 0.717) is 0 Å². The molecule has 1 aromatic carbocycles. The third-order valence-electron chi connectivity index (χ3n) is 3.00. The number of aliphatic carboxylic acids is 2. The van der Waals surface area contributed by atoms with E-state index in [2.05, 4.69) is 0 Å². The molecule has 5 heteroatoms. The Morgan fingerprint density at radius 1 is 1.31 bits per heavy atom. The lowest BCUT2D eigenvalue weighted by Crippen LogP contribution is -2.26. The normalized spacial score (nSPS) is 27.4. The van der Waals surface area contributed by atoms with Gasteiger partial charge in [-0.15, -0.1) is 0 Å². The first-order valence-corrected chi connectivity index (χ1v) is 4.71. The predicted octanol–water partition coefficient (Wildman–Crippen LogP) is 1.25. The minimum absolute atomic E-state index is 0.0464. The highest BCUT2D eigenvalue weighted by Gasteiger charge is 2.66. The van der Waals surface area contributed by atoms with Crippen LogP contribution in [0.1, 0.15) is 12.0 Å². The highest BCUT2D eigenvalue weighted by Crippen LogP contribution is 2.55. The van der Waals surface area contributed by atoms with Gasteiger partial charge in [0.05, 0.1) is 5.92 Å². The summed E-state index contributed by atoms with van der Waals surface area (Å²) in [6.07, 6.45) is -0.0569. The van der Waals surface area contributed by atoms with Crippen LogP contribution in [0.5, 0.6) is 0 Å². The van der Waals surface area contributed by atoms with Gasteiger partial charge in [0, 0.05) is 5.56 Å². The van der Waals surface area contributed by atoms with Gasteiger partial charge in [0.15, 0.2) is 0 Å². The Labute approximate surface area is 90.3 Å². The monoisotopic (exact) mass is 224 g/mol. The Balaban J connectivity index is 2.49. The van der Waals surface area contributed by atoms with Gasteiger partial charge in [-0.05, 0) is 12.5 Å². The first-order chi connectivity index (χ1) is 7.50. The largest absolute Gasteiger partial charge is 0.481 e. The molecule has 2 N–H and O–H groups in total. The van der Waals surface area contributed by atoms with Crippen LogP contribution in [0.3, 0.4) is 0 Å². The van der Waals surface area contributed by atoms with E-state index in [0.717, 1.165) is 6.07 Å². The molecule has 1 aromatic rings. The van der Waals surface area contributed by atoms with Crippen LogP contribution >= 0.6 is 0 Å². The lowest BCUT2D eigenvalue weighted by atomic mass is 9.93. The Hall–Kier alpha value is -1.91. The van der Waals surface area contributed by atoms with Crippen molar-refractivity contribution in [1.29, 1.82) is 0 Å². The number of benzene rings is 1. The fourth-order valence-corrected chi connectivity index (χ4v) is 2.03. The first-order valence-electron chi connectivity index (χ1n) is 4.71. The van der Waals surface area contributed by atoms with Gasteiger partial charge >= 0.3 is 11.9 Å². The topological polar surface area (TPSA) is 74.6 Å². The zero-order valence-electron chi connectivity index (χ0n) is 8.18. The van der Waals surface area contributed by atoms with E-state index in [9.17, 15) is 14.0 Å². The Morgan fingerprint density at radius 2 is 1.94 bits per heavy atom. The molecule has 0 radical (unpaired) electrons. The molecule has 0 unspecified atom stereocenters. The van der Waals surface area contributed by atoms with Gasteiger partial charge in [-0.25, -0.2) is 4.39 Å². The highest BCUT2D eigenvalue weighted by atomic mass is 19.1. The minimum atomic E-state index is -1.59. The summed E-state index contributed by atoms with van der Waals surface area (Å²) in [5.74, 6) is -4.20. The van der Waals surface area contributed by atoms with Gasteiger partial charge in [-0.3, -0.25) is 9.59 Å². The second-order valence-corrected chi connectivity index (χ2v) is 3.85. The van der Waals surface area contributed by atoms with E-state index < -0.39 is 29.1 Å².